The Morgan fingerprint density at radius 1 is 1.15 bits per heavy atom. The van der Waals surface area contributed by atoms with Crippen molar-refractivity contribution >= 4 is 34.1 Å². The van der Waals surface area contributed by atoms with Crippen LogP contribution in [0.5, 0.6) is 0 Å². The molecule has 1 aromatic heterocycles. The summed E-state index contributed by atoms with van der Waals surface area (Å²) in [6.07, 6.45) is 1.26. The van der Waals surface area contributed by atoms with Gasteiger partial charge in [0.1, 0.15) is 17.3 Å². The molecule has 0 fully saturated rings. The van der Waals surface area contributed by atoms with Crippen molar-refractivity contribution in [3.05, 3.63) is 34.5 Å². The molecule has 0 aliphatic rings. The summed E-state index contributed by atoms with van der Waals surface area (Å²) in [5.41, 5.74) is 0.407. The zero-order valence-corrected chi connectivity index (χ0v) is 7.77. The third-order valence-electron chi connectivity index (χ3n) is 1.61. The Bertz CT molecular complexity index is 473. The normalized spacial score (nSPS) is 10.7. The van der Waals surface area contributed by atoms with Crippen LogP contribution >= 0.6 is 23.2 Å². The van der Waals surface area contributed by atoms with E-state index in [2.05, 4.69) is 9.97 Å². The van der Waals surface area contributed by atoms with E-state index in [1.807, 2.05) is 0 Å². The predicted octanol–water partition coefficient (Wildman–Crippen LogP) is 3.08. The molecule has 0 aliphatic carbocycles. The molecule has 2 aromatic rings. The van der Waals surface area contributed by atoms with Crippen LogP contribution in [0.25, 0.3) is 10.9 Å². The highest BCUT2D eigenvalue weighted by atomic mass is 35.5. The van der Waals surface area contributed by atoms with Crippen molar-refractivity contribution in [1.29, 1.82) is 0 Å². The van der Waals surface area contributed by atoms with Crippen molar-refractivity contribution in [3.63, 3.8) is 0 Å². The molecule has 0 N–H and O–H groups in total. The number of aromatic nitrogens is 2. The van der Waals surface area contributed by atoms with Crippen molar-refractivity contribution in [2.45, 2.75) is 0 Å². The van der Waals surface area contributed by atoms with E-state index in [1.54, 1.807) is 0 Å². The second kappa shape index (κ2) is 3.09. The Labute approximate surface area is 83.3 Å². The first kappa shape index (κ1) is 8.66. The molecular formula is C8H3Cl2FN2. The summed E-state index contributed by atoms with van der Waals surface area (Å²) in [5.74, 6) is -0.506. The number of rotatable bonds is 0. The van der Waals surface area contributed by atoms with Crippen LogP contribution in [0, 0.1) is 5.82 Å². The van der Waals surface area contributed by atoms with E-state index >= 15 is 0 Å². The van der Waals surface area contributed by atoms with Crippen LogP contribution in [0.15, 0.2) is 18.5 Å². The molecule has 1 aromatic carbocycles. The van der Waals surface area contributed by atoms with Gasteiger partial charge in [0.25, 0.3) is 0 Å². The van der Waals surface area contributed by atoms with Crippen LogP contribution in [0.4, 0.5) is 4.39 Å². The molecule has 0 saturated heterocycles. The second-order valence-electron chi connectivity index (χ2n) is 2.45. The fourth-order valence-corrected chi connectivity index (χ4v) is 1.50. The van der Waals surface area contributed by atoms with Crippen molar-refractivity contribution in [1.82, 2.24) is 9.97 Å². The smallest absolute Gasteiger partial charge is 0.143 e. The molecule has 0 amide bonds. The summed E-state index contributed by atoms with van der Waals surface area (Å²) in [5, 5.41) is 0.590. The predicted molar refractivity (Wildman–Crippen MR) is 49.5 cm³/mol. The van der Waals surface area contributed by atoms with E-state index in [9.17, 15) is 4.39 Å². The third-order valence-corrected chi connectivity index (χ3v) is 2.11. The Hall–Kier alpha value is -0.930. The van der Waals surface area contributed by atoms with Gasteiger partial charge in [-0.25, -0.2) is 14.4 Å². The molecule has 0 radical (unpaired) electrons. The fourth-order valence-electron chi connectivity index (χ4n) is 1.07. The van der Waals surface area contributed by atoms with Crippen molar-refractivity contribution in [3.8, 4) is 0 Å². The molecule has 0 spiro atoms. The Balaban J connectivity index is 2.94. The first-order valence-electron chi connectivity index (χ1n) is 3.44. The largest absolute Gasteiger partial charge is 0.236 e. The molecule has 1 heterocycles. The van der Waals surface area contributed by atoms with Gasteiger partial charge in [-0.2, -0.15) is 0 Å². The molecule has 0 bridgehead atoms. The van der Waals surface area contributed by atoms with Crippen molar-refractivity contribution < 1.29 is 4.39 Å². The van der Waals surface area contributed by atoms with Gasteiger partial charge in [-0.15, -0.1) is 0 Å². The van der Waals surface area contributed by atoms with Gasteiger partial charge in [-0.05, 0) is 12.1 Å². The van der Waals surface area contributed by atoms with Gasteiger partial charge in [0.05, 0.1) is 10.9 Å². The van der Waals surface area contributed by atoms with Gasteiger partial charge in [0.2, 0.25) is 0 Å². The average molecular weight is 217 g/mol. The third kappa shape index (κ3) is 1.45. The van der Waals surface area contributed by atoms with E-state index < -0.39 is 5.82 Å². The minimum atomic E-state index is -0.506. The highest BCUT2D eigenvalue weighted by Crippen LogP contribution is 2.25. The lowest BCUT2D eigenvalue weighted by Crippen LogP contribution is -1.87. The zero-order chi connectivity index (χ0) is 9.42. The standard InChI is InChI=1S/C8H3Cl2FN2/c9-4-1-5(11)7-6(2-4)12-3-13-8(7)10/h1-3H. The van der Waals surface area contributed by atoms with Gasteiger partial charge in [0, 0.05) is 5.02 Å². The van der Waals surface area contributed by atoms with Crippen LogP contribution in [-0.2, 0) is 0 Å². The molecule has 2 nitrogen and oxygen atoms in total. The van der Waals surface area contributed by atoms with E-state index in [4.69, 9.17) is 23.2 Å². The molecule has 5 heteroatoms. The van der Waals surface area contributed by atoms with E-state index in [0.717, 1.165) is 0 Å². The first-order valence-corrected chi connectivity index (χ1v) is 4.19. The minimum absolute atomic E-state index is 0.0965. The van der Waals surface area contributed by atoms with E-state index in [0.29, 0.717) is 10.5 Å². The maximum atomic E-state index is 13.3. The maximum Gasteiger partial charge on any atom is 0.143 e. The van der Waals surface area contributed by atoms with Gasteiger partial charge in [-0.1, -0.05) is 23.2 Å². The topological polar surface area (TPSA) is 25.8 Å². The molecule has 66 valence electrons. The van der Waals surface area contributed by atoms with Gasteiger partial charge in [0.15, 0.2) is 0 Å². The fraction of sp³-hybridized carbons (Fsp3) is 0. The lowest BCUT2D eigenvalue weighted by molar-refractivity contribution is 0.639. The van der Waals surface area contributed by atoms with E-state index in [1.165, 1.54) is 18.5 Å². The summed E-state index contributed by atoms with van der Waals surface area (Å²) >= 11 is 11.3. The Kier molecular flexibility index (Phi) is 2.06. The number of nitrogens with zero attached hydrogens (tertiary/aromatic N) is 2. The lowest BCUT2D eigenvalue weighted by atomic mass is 10.2. The molecule has 0 saturated carbocycles. The SMILES string of the molecule is Fc1cc(Cl)cc2ncnc(Cl)c12. The number of hydrogen-bond acceptors (Lipinski definition) is 2. The molecular weight excluding hydrogens is 214 g/mol. The lowest BCUT2D eigenvalue weighted by Gasteiger charge is -2.00. The Morgan fingerprint density at radius 3 is 2.69 bits per heavy atom. The maximum absolute atomic E-state index is 13.3. The molecule has 0 aliphatic heterocycles. The first-order chi connectivity index (χ1) is 6.18. The van der Waals surface area contributed by atoms with Gasteiger partial charge < -0.3 is 0 Å². The Morgan fingerprint density at radius 2 is 1.92 bits per heavy atom. The molecule has 2 rings (SSSR count). The average Bonchev–Trinajstić information content (AvgIpc) is 2.02. The van der Waals surface area contributed by atoms with Gasteiger partial charge >= 0.3 is 0 Å². The number of halogens is 3. The highest BCUT2D eigenvalue weighted by Gasteiger charge is 2.07. The van der Waals surface area contributed by atoms with Crippen LogP contribution in [0.2, 0.25) is 10.2 Å². The summed E-state index contributed by atoms with van der Waals surface area (Å²) in [6.45, 7) is 0. The van der Waals surface area contributed by atoms with Crippen LogP contribution < -0.4 is 0 Å². The summed E-state index contributed by atoms with van der Waals surface area (Å²) < 4.78 is 13.3. The summed E-state index contributed by atoms with van der Waals surface area (Å²) in [4.78, 5) is 7.51. The zero-order valence-electron chi connectivity index (χ0n) is 6.26. The molecule has 0 atom stereocenters. The van der Waals surface area contributed by atoms with Crippen LogP contribution in [-0.4, -0.2) is 9.97 Å². The molecule has 13 heavy (non-hydrogen) atoms. The molecule has 0 unspecified atom stereocenters. The second-order valence-corrected chi connectivity index (χ2v) is 3.24. The summed E-state index contributed by atoms with van der Waals surface area (Å²) in [6, 6.07) is 2.71. The number of fused-ring (bicyclic) bond motifs is 1. The van der Waals surface area contributed by atoms with Crippen LogP contribution in [0.3, 0.4) is 0 Å². The quantitative estimate of drug-likeness (QED) is 0.633. The monoisotopic (exact) mass is 216 g/mol. The van der Waals surface area contributed by atoms with E-state index in [-0.39, 0.29) is 10.5 Å². The number of hydrogen-bond donors (Lipinski definition) is 0. The number of benzene rings is 1. The van der Waals surface area contributed by atoms with Crippen LogP contribution in [0.1, 0.15) is 0 Å². The van der Waals surface area contributed by atoms with Crippen molar-refractivity contribution in [2.75, 3.05) is 0 Å². The van der Waals surface area contributed by atoms with Gasteiger partial charge in [-0.3, -0.25) is 0 Å². The minimum Gasteiger partial charge on any atom is -0.236 e. The summed E-state index contributed by atoms with van der Waals surface area (Å²) in [7, 11) is 0. The van der Waals surface area contributed by atoms with Crippen molar-refractivity contribution in [2.24, 2.45) is 0 Å². The highest BCUT2D eigenvalue weighted by molar-refractivity contribution is 6.35.